The normalized spacial score (nSPS) is 10.8. The van der Waals surface area contributed by atoms with Crippen LogP contribution in [0, 0.1) is 13.8 Å². The van der Waals surface area contributed by atoms with Crippen LogP contribution in [0.25, 0.3) is 0 Å². The fourth-order valence-corrected chi connectivity index (χ4v) is 1.77. The summed E-state index contributed by atoms with van der Waals surface area (Å²) in [4.78, 5) is 4.30. The van der Waals surface area contributed by atoms with Crippen LogP contribution in [0.5, 0.6) is 5.75 Å². The van der Waals surface area contributed by atoms with E-state index in [0.717, 1.165) is 17.0 Å². The number of rotatable bonds is 4. The molecule has 0 aliphatic heterocycles. The molecule has 18 heavy (non-hydrogen) atoms. The van der Waals surface area contributed by atoms with E-state index in [9.17, 15) is 5.11 Å². The first-order valence-corrected chi connectivity index (χ1v) is 5.91. The lowest BCUT2D eigenvalue weighted by atomic mass is 10.2. The first kappa shape index (κ1) is 12.6. The van der Waals surface area contributed by atoms with Crippen LogP contribution in [0.3, 0.4) is 0 Å². The van der Waals surface area contributed by atoms with Gasteiger partial charge in [-0.1, -0.05) is 0 Å². The molecule has 0 aliphatic rings. The van der Waals surface area contributed by atoms with Crippen molar-refractivity contribution in [2.24, 2.45) is 7.05 Å². The lowest BCUT2D eigenvalue weighted by Crippen LogP contribution is -2.14. The zero-order chi connectivity index (χ0) is 13.1. The molecule has 0 saturated carbocycles. The van der Waals surface area contributed by atoms with Gasteiger partial charge in [-0.15, -0.1) is 0 Å². The number of pyridine rings is 1. The van der Waals surface area contributed by atoms with Crippen molar-refractivity contribution in [3.8, 4) is 5.75 Å². The third-order valence-electron chi connectivity index (χ3n) is 3.03. The molecule has 0 atom stereocenters. The zero-order valence-electron chi connectivity index (χ0n) is 10.9. The number of aromatic hydroxyl groups is 1. The van der Waals surface area contributed by atoms with Gasteiger partial charge in [0.25, 0.3) is 0 Å². The van der Waals surface area contributed by atoms with E-state index in [1.165, 1.54) is 0 Å². The minimum atomic E-state index is 0.232. The van der Waals surface area contributed by atoms with Crippen LogP contribution in [0.15, 0.2) is 18.3 Å². The molecule has 2 aromatic rings. The molecular weight excluding hydrogens is 228 g/mol. The van der Waals surface area contributed by atoms with Gasteiger partial charge in [0.05, 0.1) is 11.9 Å². The highest BCUT2D eigenvalue weighted by molar-refractivity contribution is 5.27. The second-order valence-corrected chi connectivity index (χ2v) is 4.40. The molecule has 5 nitrogen and oxygen atoms in total. The van der Waals surface area contributed by atoms with Gasteiger partial charge in [0.1, 0.15) is 5.75 Å². The predicted molar refractivity (Wildman–Crippen MR) is 69.1 cm³/mol. The first-order valence-electron chi connectivity index (χ1n) is 5.91. The summed E-state index contributed by atoms with van der Waals surface area (Å²) in [5.74, 6) is 0.232. The lowest BCUT2D eigenvalue weighted by Gasteiger charge is -2.06. The van der Waals surface area contributed by atoms with Crippen molar-refractivity contribution in [3.63, 3.8) is 0 Å². The molecule has 0 saturated heterocycles. The summed E-state index contributed by atoms with van der Waals surface area (Å²) >= 11 is 0. The number of aryl methyl sites for hydroxylation is 2. The fourth-order valence-electron chi connectivity index (χ4n) is 1.77. The van der Waals surface area contributed by atoms with Crippen molar-refractivity contribution in [1.29, 1.82) is 0 Å². The van der Waals surface area contributed by atoms with Crippen molar-refractivity contribution in [2.75, 3.05) is 0 Å². The quantitative estimate of drug-likeness (QED) is 0.856. The van der Waals surface area contributed by atoms with E-state index in [1.54, 1.807) is 12.1 Å². The van der Waals surface area contributed by atoms with Gasteiger partial charge < -0.3 is 10.4 Å². The van der Waals surface area contributed by atoms with E-state index >= 15 is 0 Å². The van der Waals surface area contributed by atoms with E-state index < -0.39 is 0 Å². The largest absolute Gasteiger partial charge is 0.506 e. The van der Waals surface area contributed by atoms with E-state index in [1.807, 2.05) is 31.8 Å². The van der Waals surface area contributed by atoms with Crippen LogP contribution in [0.2, 0.25) is 0 Å². The van der Waals surface area contributed by atoms with Gasteiger partial charge in [0, 0.05) is 37.1 Å². The maximum atomic E-state index is 9.67. The van der Waals surface area contributed by atoms with Crippen molar-refractivity contribution in [2.45, 2.75) is 26.9 Å². The van der Waals surface area contributed by atoms with Crippen LogP contribution in [0.4, 0.5) is 0 Å². The number of hydrogen-bond donors (Lipinski definition) is 2. The summed E-state index contributed by atoms with van der Waals surface area (Å²) in [5, 5.41) is 17.1. The number of nitrogens with one attached hydrogen (secondary N) is 1. The van der Waals surface area contributed by atoms with Gasteiger partial charge in [0.15, 0.2) is 0 Å². The molecule has 0 unspecified atom stereocenters. The number of hydrogen-bond acceptors (Lipinski definition) is 4. The van der Waals surface area contributed by atoms with Crippen LogP contribution in [-0.2, 0) is 20.1 Å². The Bertz CT molecular complexity index is 548. The molecule has 2 rings (SSSR count). The molecule has 0 aromatic carbocycles. The Morgan fingerprint density at radius 2 is 2.06 bits per heavy atom. The van der Waals surface area contributed by atoms with Crippen molar-refractivity contribution < 1.29 is 5.11 Å². The smallest absolute Gasteiger partial charge is 0.138 e. The van der Waals surface area contributed by atoms with Crippen molar-refractivity contribution >= 4 is 0 Å². The molecule has 96 valence electrons. The summed E-state index contributed by atoms with van der Waals surface area (Å²) in [7, 11) is 1.92. The lowest BCUT2D eigenvalue weighted by molar-refractivity contribution is 0.459. The molecule has 0 bridgehead atoms. The standard InChI is InChI=1S/C13H18N4O/c1-9-4-5-13(18)12(16-9)8-14-6-11-7-15-17(3)10(11)2/h4-5,7,14,18H,6,8H2,1-3H3. The zero-order valence-corrected chi connectivity index (χ0v) is 10.9. The third kappa shape index (κ3) is 2.68. The Morgan fingerprint density at radius 1 is 1.28 bits per heavy atom. The second kappa shape index (κ2) is 5.18. The SMILES string of the molecule is Cc1ccc(O)c(CNCc2cnn(C)c2C)n1. The fraction of sp³-hybridized carbons (Fsp3) is 0.385. The Labute approximate surface area is 106 Å². The van der Waals surface area contributed by atoms with Gasteiger partial charge in [0.2, 0.25) is 0 Å². The maximum absolute atomic E-state index is 9.67. The van der Waals surface area contributed by atoms with Gasteiger partial charge in [-0.05, 0) is 26.0 Å². The number of nitrogens with zero attached hydrogens (tertiary/aromatic N) is 3. The highest BCUT2D eigenvalue weighted by atomic mass is 16.3. The molecule has 0 amide bonds. The van der Waals surface area contributed by atoms with Gasteiger partial charge in [-0.2, -0.15) is 5.10 Å². The van der Waals surface area contributed by atoms with Gasteiger partial charge >= 0.3 is 0 Å². The molecule has 2 heterocycles. The monoisotopic (exact) mass is 246 g/mol. The Morgan fingerprint density at radius 3 is 2.72 bits per heavy atom. The molecule has 2 N–H and O–H groups in total. The molecule has 0 spiro atoms. The van der Waals surface area contributed by atoms with Gasteiger partial charge in [-0.25, -0.2) is 0 Å². The minimum absolute atomic E-state index is 0.232. The van der Waals surface area contributed by atoms with Crippen molar-refractivity contribution in [3.05, 3.63) is 41.0 Å². The average Bonchev–Trinajstić information content (AvgIpc) is 2.65. The van der Waals surface area contributed by atoms with E-state index in [-0.39, 0.29) is 5.75 Å². The van der Waals surface area contributed by atoms with Crippen LogP contribution in [-0.4, -0.2) is 19.9 Å². The van der Waals surface area contributed by atoms with Crippen LogP contribution >= 0.6 is 0 Å². The molecule has 0 fully saturated rings. The van der Waals surface area contributed by atoms with Crippen LogP contribution in [0.1, 0.15) is 22.6 Å². The topological polar surface area (TPSA) is 63.0 Å². The molecule has 0 radical (unpaired) electrons. The summed E-state index contributed by atoms with van der Waals surface area (Å²) in [6.07, 6.45) is 1.85. The average molecular weight is 246 g/mol. The molecule has 2 aromatic heterocycles. The Kier molecular flexibility index (Phi) is 3.62. The second-order valence-electron chi connectivity index (χ2n) is 4.40. The van der Waals surface area contributed by atoms with E-state index in [0.29, 0.717) is 18.8 Å². The summed E-state index contributed by atoms with van der Waals surface area (Å²) in [6, 6.07) is 3.47. The van der Waals surface area contributed by atoms with Crippen molar-refractivity contribution in [1.82, 2.24) is 20.1 Å². The van der Waals surface area contributed by atoms with E-state index in [2.05, 4.69) is 15.4 Å². The van der Waals surface area contributed by atoms with Gasteiger partial charge in [-0.3, -0.25) is 9.67 Å². The van der Waals surface area contributed by atoms with Crippen LogP contribution < -0.4 is 5.32 Å². The maximum Gasteiger partial charge on any atom is 0.138 e. The molecule has 0 aliphatic carbocycles. The van der Waals surface area contributed by atoms with E-state index in [4.69, 9.17) is 0 Å². The Balaban J connectivity index is 1.96. The molecule has 5 heteroatoms. The first-order chi connectivity index (χ1) is 8.58. The summed E-state index contributed by atoms with van der Waals surface area (Å²) in [5.41, 5.74) is 3.88. The summed E-state index contributed by atoms with van der Waals surface area (Å²) in [6.45, 7) is 5.21. The molecular formula is C13H18N4O. The summed E-state index contributed by atoms with van der Waals surface area (Å²) < 4.78 is 1.85. The number of aromatic nitrogens is 3. The predicted octanol–water partition coefficient (Wildman–Crippen LogP) is 1.43. The highest BCUT2D eigenvalue weighted by Crippen LogP contribution is 2.14. The minimum Gasteiger partial charge on any atom is -0.506 e. The highest BCUT2D eigenvalue weighted by Gasteiger charge is 2.05. The Hall–Kier alpha value is -1.88. The third-order valence-corrected chi connectivity index (χ3v) is 3.03.